The zero-order valence-corrected chi connectivity index (χ0v) is 14.2. The van der Waals surface area contributed by atoms with Crippen LogP contribution in [-0.4, -0.2) is 33.4 Å². The van der Waals surface area contributed by atoms with Gasteiger partial charge in [0, 0.05) is 24.6 Å². The van der Waals surface area contributed by atoms with Crippen LogP contribution in [0, 0.1) is 5.92 Å². The molecule has 0 saturated heterocycles. The Labute approximate surface area is 124 Å². The minimum Gasteiger partial charge on any atom is -0.316 e. The maximum Gasteiger partial charge on any atom is 0.243 e. The highest BCUT2D eigenvalue weighted by molar-refractivity contribution is 9.10. The predicted molar refractivity (Wildman–Crippen MR) is 81.6 cm³/mol. The minimum atomic E-state index is -3.45. The number of halogens is 1. The number of rotatable bonds is 6. The van der Waals surface area contributed by atoms with Crippen molar-refractivity contribution in [2.75, 3.05) is 20.6 Å². The van der Waals surface area contributed by atoms with Gasteiger partial charge in [-0.15, -0.1) is 0 Å². The lowest BCUT2D eigenvalue weighted by Gasteiger charge is -2.20. The third-order valence-electron chi connectivity index (χ3n) is 2.69. The second-order valence-corrected chi connectivity index (χ2v) is 7.84. The van der Waals surface area contributed by atoms with Gasteiger partial charge in [-0.3, -0.25) is 0 Å². The highest BCUT2D eigenvalue weighted by Crippen LogP contribution is 2.26. The molecule has 0 aromatic heterocycles. The second kappa shape index (κ2) is 6.83. The van der Waals surface area contributed by atoms with E-state index in [2.05, 4.69) is 21.2 Å². The molecule has 0 unspecified atom stereocenters. The van der Waals surface area contributed by atoms with Gasteiger partial charge in [0.15, 0.2) is 0 Å². The summed E-state index contributed by atoms with van der Waals surface area (Å²) in [6, 6.07) is 5.40. The van der Waals surface area contributed by atoms with Crippen LogP contribution in [0.4, 0.5) is 0 Å². The van der Waals surface area contributed by atoms with Crippen molar-refractivity contribution in [3.05, 3.63) is 28.2 Å². The van der Waals surface area contributed by atoms with Gasteiger partial charge in [0.25, 0.3) is 0 Å². The van der Waals surface area contributed by atoms with Gasteiger partial charge in [-0.1, -0.05) is 19.9 Å². The summed E-state index contributed by atoms with van der Waals surface area (Å²) in [4.78, 5) is 0.323. The maximum atomic E-state index is 12.5. The summed E-state index contributed by atoms with van der Waals surface area (Å²) in [5.74, 6) is 0.291. The molecule has 4 nitrogen and oxygen atoms in total. The van der Waals surface area contributed by atoms with Crippen LogP contribution in [-0.2, 0) is 16.6 Å². The van der Waals surface area contributed by atoms with Gasteiger partial charge in [0.2, 0.25) is 10.0 Å². The molecule has 1 aromatic carbocycles. The predicted octanol–water partition coefficient (Wildman–Crippen LogP) is 2.45. The van der Waals surface area contributed by atoms with Crippen LogP contribution in [0.1, 0.15) is 19.4 Å². The Kier molecular flexibility index (Phi) is 5.98. The standard InChI is InChI=1S/C13H21BrN2O2S/c1-10(2)9-16(4)19(17,18)13-7-11(8-15-3)5-6-12(13)14/h5-7,10,15H,8-9H2,1-4H3. The van der Waals surface area contributed by atoms with Crippen LogP contribution >= 0.6 is 15.9 Å². The summed E-state index contributed by atoms with van der Waals surface area (Å²) in [6.45, 7) is 5.14. The van der Waals surface area contributed by atoms with E-state index in [9.17, 15) is 8.42 Å². The molecule has 0 bridgehead atoms. The number of hydrogen-bond acceptors (Lipinski definition) is 3. The summed E-state index contributed by atoms with van der Waals surface area (Å²) in [5.41, 5.74) is 0.947. The number of nitrogens with one attached hydrogen (secondary N) is 1. The molecule has 0 spiro atoms. The highest BCUT2D eigenvalue weighted by atomic mass is 79.9. The minimum absolute atomic E-state index is 0.291. The molecule has 0 heterocycles. The molecule has 108 valence electrons. The first-order chi connectivity index (χ1) is 8.78. The van der Waals surface area contributed by atoms with Crippen molar-refractivity contribution < 1.29 is 8.42 Å². The Bertz CT molecular complexity index is 529. The quantitative estimate of drug-likeness (QED) is 0.858. The van der Waals surface area contributed by atoms with Gasteiger partial charge in [-0.2, -0.15) is 0 Å². The lowest BCUT2D eigenvalue weighted by Crippen LogP contribution is -2.30. The number of benzene rings is 1. The van der Waals surface area contributed by atoms with Crippen molar-refractivity contribution in [1.29, 1.82) is 0 Å². The van der Waals surface area contributed by atoms with Crippen molar-refractivity contribution in [2.24, 2.45) is 5.92 Å². The number of nitrogens with zero attached hydrogens (tertiary/aromatic N) is 1. The lowest BCUT2D eigenvalue weighted by atomic mass is 10.2. The van der Waals surface area contributed by atoms with Crippen molar-refractivity contribution in [1.82, 2.24) is 9.62 Å². The fraction of sp³-hybridized carbons (Fsp3) is 0.538. The first-order valence-electron chi connectivity index (χ1n) is 6.18. The third kappa shape index (κ3) is 4.27. The molecular weight excluding hydrogens is 328 g/mol. The van der Waals surface area contributed by atoms with E-state index in [1.54, 1.807) is 19.2 Å². The first kappa shape index (κ1) is 16.6. The number of sulfonamides is 1. The molecular formula is C13H21BrN2O2S. The molecule has 6 heteroatoms. The van der Waals surface area contributed by atoms with Crippen LogP contribution in [0.2, 0.25) is 0 Å². The molecule has 0 radical (unpaired) electrons. The molecule has 19 heavy (non-hydrogen) atoms. The van der Waals surface area contributed by atoms with Gasteiger partial charge in [0.1, 0.15) is 0 Å². The molecule has 1 N–H and O–H groups in total. The molecule has 0 aliphatic rings. The van der Waals surface area contributed by atoms with Crippen LogP contribution in [0.5, 0.6) is 0 Å². The summed E-state index contributed by atoms with van der Waals surface area (Å²) in [5, 5.41) is 3.02. The van der Waals surface area contributed by atoms with Crippen molar-refractivity contribution in [2.45, 2.75) is 25.3 Å². The van der Waals surface area contributed by atoms with Crippen molar-refractivity contribution >= 4 is 26.0 Å². The first-order valence-corrected chi connectivity index (χ1v) is 8.41. The van der Waals surface area contributed by atoms with Gasteiger partial charge in [-0.05, 0) is 46.6 Å². The fourth-order valence-electron chi connectivity index (χ4n) is 1.84. The lowest BCUT2D eigenvalue weighted by molar-refractivity contribution is 0.417. The average Bonchev–Trinajstić information content (AvgIpc) is 2.30. The Hall–Kier alpha value is -0.430. The van der Waals surface area contributed by atoms with E-state index in [4.69, 9.17) is 0 Å². The van der Waals surface area contributed by atoms with Gasteiger partial charge >= 0.3 is 0 Å². The zero-order valence-electron chi connectivity index (χ0n) is 11.8. The summed E-state index contributed by atoms with van der Waals surface area (Å²) < 4.78 is 27.0. The van der Waals surface area contributed by atoms with Crippen molar-refractivity contribution in [3.8, 4) is 0 Å². The zero-order chi connectivity index (χ0) is 14.6. The van der Waals surface area contributed by atoms with Gasteiger partial charge in [-0.25, -0.2) is 12.7 Å². The molecule has 1 aromatic rings. The summed E-state index contributed by atoms with van der Waals surface area (Å²) in [7, 11) is 0.00515. The highest BCUT2D eigenvalue weighted by Gasteiger charge is 2.24. The fourth-order valence-corrected chi connectivity index (χ4v) is 4.15. The van der Waals surface area contributed by atoms with Crippen LogP contribution in [0.3, 0.4) is 0 Å². The van der Waals surface area contributed by atoms with E-state index in [0.717, 1.165) is 5.56 Å². The van der Waals surface area contributed by atoms with E-state index < -0.39 is 10.0 Å². The summed E-state index contributed by atoms with van der Waals surface area (Å²) in [6.07, 6.45) is 0. The van der Waals surface area contributed by atoms with Crippen molar-refractivity contribution in [3.63, 3.8) is 0 Å². The molecule has 0 fully saturated rings. The Morgan fingerprint density at radius 3 is 2.53 bits per heavy atom. The van der Waals surface area contributed by atoms with Crippen LogP contribution in [0.25, 0.3) is 0 Å². The Morgan fingerprint density at radius 1 is 1.37 bits per heavy atom. The van der Waals surface area contributed by atoms with E-state index in [1.165, 1.54) is 4.31 Å². The smallest absolute Gasteiger partial charge is 0.243 e. The van der Waals surface area contributed by atoms with E-state index in [-0.39, 0.29) is 0 Å². The molecule has 0 saturated carbocycles. The van der Waals surface area contributed by atoms with E-state index >= 15 is 0 Å². The maximum absolute atomic E-state index is 12.5. The van der Waals surface area contributed by atoms with Crippen LogP contribution < -0.4 is 5.32 Å². The number of hydrogen-bond donors (Lipinski definition) is 1. The normalized spacial score (nSPS) is 12.4. The topological polar surface area (TPSA) is 49.4 Å². The SMILES string of the molecule is CNCc1ccc(Br)c(S(=O)(=O)N(C)CC(C)C)c1. The van der Waals surface area contributed by atoms with Gasteiger partial charge < -0.3 is 5.32 Å². The molecule has 0 aliphatic carbocycles. The summed E-state index contributed by atoms with van der Waals surface area (Å²) >= 11 is 3.33. The Balaban J connectivity index is 3.16. The van der Waals surface area contributed by atoms with E-state index in [1.807, 2.05) is 27.0 Å². The third-order valence-corrected chi connectivity index (χ3v) is 5.50. The largest absolute Gasteiger partial charge is 0.316 e. The molecule has 0 amide bonds. The average molecular weight is 349 g/mol. The molecule has 0 aliphatic heterocycles. The second-order valence-electron chi connectivity index (χ2n) is 4.97. The van der Waals surface area contributed by atoms with Gasteiger partial charge in [0.05, 0.1) is 4.90 Å². The van der Waals surface area contributed by atoms with Crippen LogP contribution in [0.15, 0.2) is 27.6 Å². The molecule has 0 atom stereocenters. The monoisotopic (exact) mass is 348 g/mol. The Morgan fingerprint density at radius 2 is 2.00 bits per heavy atom. The molecule has 1 rings (SSSR count). The van der Waals surface area contributed by atoms with E-state index in [0.29, 0.717) is 28.4 Å².